The van der Waals surface area contributed by atoms with Crippen LogP contribution in [0.2, 0.25) is 10.2 Å². The normalized spacial score (nSPS) is 11.3. The quantitative estimate of drug-likeness (QED) is 0.289. The maximum atomic E-state index is 6.56. The predicted molar refractivity (Wildman–Crippen MR) is 112 cm³/mol. The Morgan fingerprint density at radius 2 is 1.58 bits per heavy atom. The average molecular weight is 396 g/mol. The summed E-state index contributed by atoms with van der Waals surface area (Å²) >= 11 is 12.6. The van der Waals surface area contributed by atoms with Crippen LogP contribution in [-0.2, 0) is 13.1 Å². The zero-order chi connectivity index (χ0) is 18.9. The summed E-state index contributed by atoms with van der Waals surface area (Å²) in [5.74, 6) is 0. The van der Waals surface area contributed by atoms with E-state index in [4.69, 9.17) is 23.2 Å². The first-order valence-corrected chi connectivity index (χ1v) is 10.8. The molecule has 2 rings (SSSR count). The Morgan fingerprint density at radius 3 is 2.23 bits per heavy atom. The second-order valence-electron chi connectivity index (χ2n) is 7.36. The van der Waals surface area contributed by atoms with E-state index in [2.05, 4.69) is 42.3 Å². The zero-order valence-corrected chi connectivity index (χ0v) is 18.0. The second-order valence-corrected chi connectivity index (χ2v) is 8.15. The van der Waals surface area contributed by atoms with Crippen molar-refractivity contribution in [3.63, 3.8) is 0 Å². The summed E-state index contributed by atoms with van der Waals surface area (Å²) in [6.07, 6.45) is 12.8. The standard InChI is InChI=1S/C22H33Cl2N2/c1-4-5-6-7-8-9-10-11-14-25-17-26(19(3)22(25)24)16-20-12-13-21(23)15-18(20)2/h12-13,15,17H,4-11,14,16H2,1-3H3/q+1. The molecule has 0 saturated carbocycles. The Hall–Kier alpha value is -0.990. The summed E-state index contributed by atoms with van der Waals surface area (Å²) in [7, 11) is 0. The van der Waals surface area contributed by atoms with Crippen molar-refractivity contribution in [2.75, 3.05) is 0 Å². The zero-order valence-electron chi connectivity index (χ0n) is 16.5. The van der Waals surface area contributed by atoms with Gasteiger partial charge < -0.3 is 0 Å². The van der Waals surface area contributed by atoms with Gasteiger partial charge in [0.1, 0.15) is 6.54 Å². The van der Waals surface area contributed by atoms with E-state index in [0.29, 0.717) is 0 Å². The number of imidazole rings is 1. The highest BCUT2D eigenvalue weighted by molar-refractivity contribution is 6.30. The third-order valence-corrected chi connectivity index (χ3v) is 5.88. The van der Waals surface area contributed by atoms with Crippen molar-refractivity contribution in [3.05, 3.63) is 51.5 Å². The molecule has 0 fully saturated rings. The maximum absolute atomic E-state index is 6.56. The number of hydrogen-bond donors (Lipinski definition) is 0. The summed E-state index contributed by atoms with van der Waals surface area (Å²) < 4.78 is 4.43. The lowest BCUT2D eigenvalue weighted by Crippen LogP contribution is -2.32. The van der Waals surface area contributed by atoms with Gasteiger partial charge in [-0.15, -0.1) is 0 Å². The van der Waals surface area contributed by atoms with Gasteiger partial charge in [-0.2, -0.15) is 0 Å². The van der Waals surface area contributed by atoms with Gasteiger partial charge in [0.15, 0.2) is 5.69 Å². The van der Waals surface area contributed by atoms with Crippen molar-refractivity contribution in [2.24, 2.45) is 0 Å². The third-order valence-electron chi connectivity index (χ3n) is 5.16. The molecular weight excluding hydrogens is 363 g/mol. The highest BCUT2D eigenvalue weighted by Crippen LogP contribution is 2.19. The molecule has 0 aliphatic heterocycles. The third kappa shape index (κ3) is 6.32. The van der Waals surface area contributed by atoms with Gasteiger partial charge in [-0.1, -0.05) is 63.1 Å². The largest absolute Gasteiger partial charge is 0.245 e. The highest BCUT2D eigenvalue weighted by Gasteiger charge is 2.18. The van der Waals surface area contributed by atoms with E-state index in [-0.39, 0.29) is 0 Å². The van der Waals surface area contributed by atoms with Crippen molar-refractivity contribution < 1.29 is 4.57 Å². The smallest absolute Gasteiger partial charge is 0.229 e. The lowest BCUT2D eigenvalue weighted by Gasteiger charge is -2.04. The lowest BCUT2D eigenvalue weighted by molar-refractivity contribution is -0.694. The minimum Gasteiger partial charge on any atom is -0.229 e. The Bertz CT molecular complexity index is 692. The van der Waals surface area contributed by atoms with Gasteiger partial charge in [-0.25, -0.2) is 9.13 Å². The monoisotopic (exact) mass is 395 g/mol. The predicted octanol–water partition coefficient (Wildman–Crippen LogP) is 6.89. The van der Waals surface area contributed by atoms with Crippen LogP contribution in [0.3, 0.4) is 0 Å². The van der Waals surface area contributed by atoms with Crippen LogP contribution in [0.1, 0.15) is 75.1 Å². The molecule has 2 nitrogen and oxygen atoms in total. The number of hydrogen-bond acceptors (Lipinski definition) is 0. The summed E-state index contributed by atoms with van der Waals surface area (Å²) in [6.45, 7) is 8.30. The molecule has 1 heterocycles. The van der Waals surface area contributed by atoms with Gasteiger partial charge in [-0.05, 0) is 54.6 Å². The average Bonchev–Trinajstić information content (AvgIpc) is 2.88. The molecule has 0 bridgehead atoms. The number of benzene rings is 1. The van der Waals surface area contributed by atoms with E-state index in [1.807, 2.05) is 12.1 Å². The fraction of sp³-hybridized carbons (Fsp3) is 0.591. The SMILES string of the molecule is CCCCCCCCCC[n+]1cn(Cc2ccc(Cl)cc2C)c(C)c1Cl. The fourth-order valence-corrected chi connectivity index (χ4v) is 3.85. The molecule has 0 saturated heterocycles. The summed E-state index contributed by atoms with van der Waals surface area (Å²) in [6, 6.07) is 6.08. The number of unbranched alkanes of at least 4 members (excludes halogenated alkanes) is 7. The summed E-state index contributed by atoms with van der Waals surface area (Å²) in [5.41, 5.74) is 3.63. The number of halogens is 2. The van der Waals surface area contributed by atoms with Crippen molar-refractivity contribution in [2.45, 2.75) is 85.2 Å². The van der Waals surface area contributed by atoms with Crippen LogP contribution in [0.5, 0.6) is 0 Å². The van der Waals surface area contributed by atoms with Crippen molar-refractivity contribution in [1.29, 1.82) is 0 Å². The summed E-state index contributed by atoms with van der Waals surface area (Å²) in [5, 5.41) is 1.65. The molecule has 26 heavy (non-hydrogen) atoms. The first kappa shape index (κ1) is 21.3. The molecule has 0 N–H and O–H groups in total. The van der Waals surface area contributed by atoms with Crippen molar-refractivity contribution >= 4 is 23.2 Å². The van der Waals surface area contributed by atoms with Gasteiger partial charge >= 0.3 is 0 Å². The van der Waals surface area contributed by atoms with Crippen LogP contribution < -0.4 is 4.57 Å². The molecule has 1 aromatic carbocycles. The van der Waals surface area contributed by atoms with Crippen LogP contribution in [0.4, 0.5) is 0 Å². The molecule has 0 aliphatic rings. The van der Waals surface area contributed by atoms with E-state index in [9.17, 15) is 0 Å². The number of aromatic nitrogens is 2. The topological polar surface area (TPSA) is 8.81 Å². The molecule has 2 aromatic rings. The van der Waals surface area contributed by atoms with Gasteiger partial charge in [0.25, 0.3) is 0 Å². The Morgan fingerprint density at radius 1 is 0.923 bits per heavy atom. The molecule has 0 amide bonds. The Balaban J connectivity index is 1.84. The highest BCUT2D eigenvalue weighted by atomic mass is 35.5. The molecule has 4 heteroatoms. The molecule has 0 radical (unpaired) electrons. The van der Waals surface area contributed by atoms with Crippen molar-refractivity contribution in [3.8, 4) is 0 Å². The van der Waals surface area contributed by atoms with Gasteiger partial charge in [0.2, 0.25) is 11.5 Å². The van der Waals surface area contributed by atoms with Gasteiger partial charge in [-0.3, -0.25) is 0 Å². The van der Waals surface area contributed by atoms with E-state index < -0.39 is 0 Å². The molecule has 0 aliphatic carbocycles. The minimum atomic E-state index is 0.790. The molecule has 0 atom stereocenters. The van der Waals surface area contributed by atoms with E-state index in [1.165, 1.54) is 62.5 Å². The van der Waals surface area contributed by atoms with Crippen LogP contribution in [0.15, 0.2) is 24.5 Å². The molecule has 144 valence electrons. The van der Waals surface area contributed by atoms with Crippen molar-refractivity contribution in [1.82, 2.24) is 4.57 Å². The number of nitrogens with zero attached hydrogens (tertiary/aromatic N) is 2. The number of aryl methyl sites for hydroxylation is 2. The molecular formula is C22H33Cl2N2+. The lowest BCUT2D eigenvalue weighted by atomic mass is 10.1. The van der Waals surface area contributed by atoms with Crippen LogP contribution in [0, 0.1) is 13.8 Å². The Labute approximate surface area is 169 Å². The summed E-state index contributed by atoms with van der Waals surface area (Å²) in [4.78, 5) is 0. The first-order chi connectivity index (χ1) is 12.5. The maximum Gasteiger partial charge on any atom is 0.245 e. The first-order valence-electron chi connectivity index (χ1n) is 10.0. The van der Waals surface area contributed by atoms with E-state index >= 15 is 0 Å². The molecule has 0 spiro atoms. The number of rotatable bonds is 11. The van der Waals surface area contributed by atoms with Crippen LogP contribution >= 0.6 is 23.2 Å². The van der Waals surface area contributed by atoms with Crippen LogP contribution in [0.25, 0.3) is 0 Å². The van der Waals surface area contributed by atoms with Gasteiger partial charge in [0, 0.05) is 11.9 Å². The second kappa shape index (κ2) is 11.0. The fourth-order valence-electron chi connectivity index (χ4n) is 3.38. The minimum absolute atomic E-state index is 0.790. The molecule has 1 aromatic heterocycles. The Kier molecular flexibility index (Phi) is 9.01. The van der Waals surface area contributed by atoms with E-state index in [1.54, 1.807) is 0 Å². The molecule has 0 unspecified atom stereocenters. The van der Waals surface area contributed by atoms with Crippen LogP contribution in [-0.4, -0.2) is 4.57 Å². The van der Waals surface area contributed by atoms with E-state index in [0.717, 1.165) is 29.0 Å². The van der Waals surface area contributed by atoms with Gasteiger partial charge in [0.05, 0.1) is 6.54 Å².